The first-order chi connectivity index (χ1) is 9.09. The maximum absolute atomic E-state index is 12.2. The summed E-state index contributed by atoms with van der Waals surface area (Å²) in [7, 11) is -2.35. The van der Waals surface area contributed by atoms with Gasteiger partial charge in [-0.3, -0.25) is 0 Å². The number of ether oxygens (including phenoxy) is 1. The number of nitrogens with one attached hydrogen (secondary N) is 1. The number of carboxylic acid groups (broad SMARTS) is 1. The van der Waals surface area contributed by atoms with Crippen molar-refractivity contribution in [2.24, 2.45) is 0 Å². The number of carbonyl (C=O) groups is 1. The van der Waals surface area contributed by atoms with Crippen LogP contribution in [0.4, 0.5) is 0 Å². The van der Waals surface area contributed by atoms with Crippen LogP contribution >= 0.6 is 11.6 Å². The number of sulfonamides is 1. The Kier molecular flexibility index (Phi) is 5.15. The molecule has 1 aromatic rings. The van der Waals surface area contributed by atoms with Gasteiger partial charge in [0.25, 0.3) is 0 Å². The zero-order valence-electron chi connectivity index (χ0n) is 11.3. The third kappa shape index (κ3) is 4.17. The van der Waals surface area contributed by atoms with Crippen LogP contribution in [0.1, 0.15) is 24.2 Å². The first-order valence-corrected chi connectivity index (χ1v) is 7.51. The van der Waals surface area contributed by atoms with Crippen molar-refractivity contribution in [1.82, 2.24) is 4.72 Å². The van der Waals surface area contributed by atoms with Crippen LogP contribution in [0.2, 0.25) is 5.02 Å². The third-order valence-electron chi connectivity index (χ3n) is 2.40. The topological polar surface area (TPSA) is 92.7 Å². The first kappa shape index (κ1) is 16.9. The summed E-state index contributed by atoms with van der Waals surface area (Å²) in [5.41, 5.74) is -0.951. The van der Waals surface area contributed by atoms with E-state index in [1.165, 1.54) is 13.2 Å². The molecule has 0 amide bonds. The molecule has 0 aliphatic carbocycles. The minimum atomic E-state index is -3.81. The molecule has 0 aliphatic heterocycles. The third-order valence-corrected chi connectivity index (χ3v) is 4.41. The van der Waals surface area contributed by atoms with E-state index in [1.54, 1.807) is 13.8 Å². The number of hydrogen-bond donors (Lipinski definition) is 2. The molecule has 2 N–H and O–H groups in total. The number of halogens is 1. The molecule has 1 rings (SSSR count). The highest BCUT2D eigenvalue weighted by Gasteiger charge is 2.27. The van der Waals surface area contributed by atoms with E-state index in [2.05, 4.69) is 4.72 Å². The summed E-state index contributed by atoms with van der Waals surface area (Å²) in [4.78, 5) is 10.7. The quantitative estimate of drug-likeness (QED) is 0.832. The molecule has 20 heavy (non-hydrogen) atoms. The van der Waals surface area contributed by atoms with Crippen LogP contribution in [0.15, 0.2) is 23.1 Å². The minimum Gasteiger partial charge on any atom is -0.478 e. The van der Waals surface area contributed by atoms with Gasteiger partial charge >= 0.3 is 5.97 Å². The van der Waals surface area contributed by atoms with E-state index in [9.17, 15) is 13.2 Å². The molecule has 8 heteroatoms. The van der Waals surface area contributed by atoms with Gasteiger partial charge in [0.15, 0.2) is 0 Å². The number of methoxy groups -OCH3 is 1. The average Bonchev–Trinajstić information content (AvgIpc) is 2.26. The van der Waals surface area contributed by atoms with E-state index in [0.29, 0.717) is 0 Å². The second kappa shape index (κ2) is 6.09. The highest BCUT2D eigenvalue weighted by molar-refractivity contribution is 7.89. The Labute approximate surface area is 122 Å². The second-order valence-electron chi connectivity index (χ2n) is 4.87. The SMILES string of the molecule is COCC(C)(C)NS(=O)(=O)c1ccc(C(=O)O)c(Cl)c1. The van der Waals surface area contributed by atoms with Crippen LogP contribution in [0.25, 0.3) is 0 Å². The van der Waals surface area contributed by atoms with Gasteiger partial charge < -0.3 is 9.84 Å². The summed E-state index contributed by atoms with van der Waals surface area (Å²) in [6.07, 6.45) is 0. The summed E-state index contributed by atoms with van der Waals surface area (Å²) in [5.74, 6) is -1.22. The van der Waals surface area contributed by atoms with Gasteiger partial charge in [-0.2, -0.15) is 0 Å². The van der Waals surface area contributed by atoms with E-state index in [1.807, 2.05) is 0 Å². The Morgan fingerprint density at radius 3 is 2.50 bits per heavy atom. The largest absolute Gasteiger partial charge is 0.478 e. The van der Waals surface area contributed by atoms with Gasteiger partial charge in [0.05, 0.1) is 27.6 Å². The van der Waals surface area contributed by atoms with E-state index in [0.717, 1.165) is 12.1 Å². The minimum absolute atomic E-state index is 0.100. The standard InChI is InChI=1S/C12H16ClNO5S/c1-12(2,7-19-3)14-20(17,18)8-4-5-9(11(15)16)10(13)6-8/h4-6,14H,7H2,1-3H3,(H,15,16). The number of carboxylic acids is 1. The van der Waals surface area contributed by atoms with Crippen molar-refractivity contribution in [3.63, 3.8) is 0 Å². The number of aromatic carboxylic acids is 1. The molecule has 0 aliphatic rings. The van der Waals surface area contributed by atoms with Gasteiger partial charge in [0.1, 0.15) is 0 Å². The zero-order chi connectivity index (χ0) is 15.6. The monoisotopic (exact) mass is 321 g/mol. The van der Waals surface area contributed by atoms with E-state index < -0.39 is 21.5 Å². The normalized spacial score (nSPS) is 12.4. The maximum atomic E-state index is 12.2. The molecule has 0 radical (unpaired) electrons. The Balaban J connectivity index is 3.11. The van der Waals surface area contributed by atoms with Crippen LogP contribution in [0.5, 0.6) is 0 Å². The fourth-order valence-corrected chi connectivity index (χ4v) is 3.40. The summed E-state index contributed by atoms with van der Waals surface area (Å²) in [5, 5.41) is 8.72. The first-order valence-electron chi connectivity index (χ1n) is 5.65. The molecule has 0 unspecified atom stereocenters. The zero-order valence-corrected chi connectivity index (χ0v) is 12.9. The fourth-order valence-electron chi connectivity index (χ4n) is 1.65. The van der Waals surface area contributed by atoms with Gasteiger partial charge in [-0.1, -0.05) is 11.6 Å². The molecule has 0 fully saturated rings. The second-order valence-corrected chi connectivity index (χ2v) is 6.96. The van der Waals surface area contributed by atoms with E-state index >= 15 is 0 Å². The summed E-state index contributed by atoms with van der Waals surface area (Å²) in [6, 6.07) is 3.46. The van der Waals surface area contributed by atoms with E-state index in [4.69, 9.17) is 21.4 Å². The van der Waals surface area contributed by atoms with Crippen LogP contribution in [0, 0.1) is 0 Å². The molecule has 0 saturated carbocycles. The molecule has 0 atom stereocenters. The molecule has 112 valence electrons. The van der Waals surface area contributed by atoms with Crippen molar-refractivity contribution < 1.29 is 23.1 Å². The van der Waals surface area contributed by atoms with Crippen LogP contribution in [-0.2, 0) is 14.8 Å². The Morgan fingerprint density at radius 2 is 2.05 bits per heavy atom. The smallest absolute Gasteiger partial charge is 0.337 e. The summed E-state index contributed by atoms with van der Waals surface area (Å²) < 4.78 is 31.8. The van der Waals surface area contributed by atoms with Crippen molar-refractivity contribution in [2.75, 3.05) is 13.7 Å². The lowest BCUT2D eigenvalue weighted by Gasteiger charge is -2.25. The molecule has 0 heterocycles. The van der Waals surface area contributed by atoms with Gasteiger partial charge in [0.2, 0.25) is 10.0 Å². The highest BCUT2D eigenvalue weighted by Crippen LogP contribution is 2.22. The number of hydrogen-bond acceptors (Lipinski definition) is 4. The van der Waals surface area contributed by atoms with Crippen molar-refractivity contribution in [3.8, 4) is 0 Å². The van der Waals surface area contributed by atoms with Crippen molar-refractivity contribution >= 4 is 27.6 Å². The molecule has 1 aromatic carbocycles. The van der Waals surface area contributed by atoms with Gasteiger partial charge in [0, 0.05) is 7.11 Å². The van der Waals surface area contributed by atoms with E-state index in [-0.39, 0.29) is 22.1 Å². The molecular weight excluding hydrogens is 306 g/mol. The molecule has 0 spiro atoms. The Morgan fingerprint density at radius 1 is 1.45 bits per heavy atom. The average molecular weight is 322 g/mol. The predicted octanol–water partition coefficient (Wildman–Crippen LogP) is 1.74. The lowest BCUT2D eigenvalue weighted by molar-refractivity contribution is 0.0697. The summed E-state index contributed by atoms with van der Waals surface area (Å²) >= 11 is 5.77. The Hall–Kier alpha value is -1.15. The van der Waals surface area contributed by atoms with Crippen molar-refractivity contribution in [3.05, 3.63) is 28.8 Å². The van der Waals surface area contributed by atoms with Gasteiger partial charge in [-0.15, -0.1) is 0 Å². The molecule has 0 aromatic heterocycles. The predicted molar refractivity (Wildman–Crippen MR) is 74.7 cm³/mol. The van der Waals surface area contributed by atoms with Gasteiger partial charge in [-0.05, 0) is 32.0 Å². The lowest BCUT2D eigenvalue weighted by Crippen LogP contribution is -2.46. The molecule has 0 saturated heterocycles. The number of benzene rings is 1. The lowest BCUT2D eigenvalue weighted by atomic mass is 10.1. The fraction of sp³-hybridized carbons (Fsp3) is 0.417. The van der Waals surface area contributed by atoms with Crippen LogP contribution < -0.4 is 4.72 Å². The molecule has 6 nitrogen and oxygen atoms in total. The van der Waals surface area contributed by atoms with Crippen molar-refractivity contribution in [2.45, 2.75) is 24.3 Å². The number of rotatable bonds is 6. The highest BCUT2D eigenvalue weighted by atomic mass is 35.5. The molecule has 0 bridgehead atoms. The Bertz CT molecular complexity index is 612. The van der Waals surface area contributed by atoms with Crippen molar-refractivity contribution in [1.29, 1.82) is 0 Å². The van der Waals surface area contributed by atoms with Crippen LogP contribution in [0.3, 0.4) is 0 Å². The summed E-state index contributed by atoms with van der Waals surface area (Å²) in [6.45, 7) is 3.52. The van der Waals surface area contributed by atoms with Crippen LogP contribution in [-0.4, -0.2) is 38.7 Å². The van der Waals surface area contributed by atoms with Gasteiger partial charge in [-0.25, -0.2) is 17.9 Å². The molecular formula is C12H16ClNO5S. The maximum Gasteiger partial charge on any atom is 0.337 e.